The van der Waals surface area contributed by atoms with Crippen LogP contribution in [0.2, 0.25) is 0 Å². The number of amides is 1. The van der Waals surface area contributed by atoms with E-state index in [4.69, 9.17) is 4.42 Å². The van der Waals surface area contributed by atoms with E-state index in [-0.39, 0.29) is 11.6 Å². The van der Waals surface area contributed by atoms with Gasteiger partial charge in [0.05, 0.1) is 11.1 Å². The van der Waals surface area contributed by atoms with Gasteiger partial charge in [-0.25, -0.2) is 4.79 Å². The summed E-state index contributed by atoms with van der Waals surface area (Å²) < 4.78 is 44.4. The summed E-state index contributed by atoms with van der Waals surface area (Å²) in [5.74, 6) is -1.06. The Morgan fingerprint density at radius 2 is 1.77 bits per heavy atom. The molecule has 136 valence electrons. The predicted molar refractivity (Wildman–Crippen MR) is 90.3 cm³/mol. The van der Waals surface area contributed by atoms with Crippen LogP contribution in [0.25, 0.3) is 11.1 Å². The number of benzene rings is 2. The largest absolute Gasteiger partial charge is 0.420 e. The molecule has 26 heavy (non-hydrogen) atoms. The number of alkyl halides is 3. The Morgan fingerprint density at radius 3 is 2.35 bits per heavy atom. The number of nitrogens with zero attached hydrogens (tertiary/aromatic N) is 1. The molecule has 1 aromatic heterocycles. The number of halogens is 3. The first-order valence-corrected chi connectivity index (χ1v) is 7.80. The summed E-state index contributed by atoms with van der Waals surface area (Å²) in [5, 5.41) is 2.58. The second-order valence-corrected chi connectivity index (χ2v) is 6.04. The molecule has 0 saturated heterocycles. The molecule has 2 aromatic carbocycles. The maximum Gasteiger partial charge on any atom is 0.420 e. The topological polar surface area (TPSA) is 64.2 Å². The highest BCUT2D eigenvalue weighted by Gasteiger charge is 2.30. The molecule has 8 heteroatoms. The highest BCUT2D eigenvalue weighted by atomic mass is 19.4. The van der Waals surface area contributed by atoms with Crippen molar-refractivity contribution in [1.29, 1.82) is 0 Å². The smallest absolute Gasteiger partial charge is 0.408 e. The monoisotopic (exact) mass is 364 g/mol. The number of hydrogen-bond donors (Lipinski definition) is 1. The van der Waals surface area contributed by atoms with Gasteiger partial charge in [-0.2, -0.15) is 13.2 Å². The van der Waals surface area contributed by atoms with Crippen molar-refractivity contribution < 1.29 is 22.4 Å². The molecule has 0 atom stereocenters. The fraction of sp³-hybridized carbons (Fsp3) is 0.222. The molecule has 0 saturated carbocycles. The van der Waals surface area contributed by atoms with Gasteiger partial charge in [0.2, 0.25) is 0 Å². The molecular weight excluding hydrogens is 349 g/mol. The van der Waals surface area contributed by atoms with Crippen LogP contribution in [0.3, 0.4) is 0 Å². The van der Waals surface area contributed by atoms with Gasteiger partial charge in [-0.15, -0.1) is 0 Å². The van der Waals surface area contributed by atoms with Gasteiger partial charge in [0.15, 0.2) is 5.58 Å². The molecule has 0 aliphatic rings. The molecular formula is C18H15F3N2O3. The first kappa shape index (κ1) is 17.8. The molecule has 0 aliphatic carbocycles. The zero-order chi connectivity index (χ0) is 19.1. The van der Waals surface area contributed by atoms with Gasteiger partial charge in [0.25, 0.3) is 5.91 Å². The Labute approximate surface area is 146 Å². The highest BCUT2D eigenvalue weighted by molar-refractivity contribution is 6.04. The summed E-state index contributed by atoms with van der Waals surface area (Å²) in [6.45, 7) is 3.69. The van der Waals surface area contributed by atoms with Gasteiger partial charge in [-0.3, -0.25) is 9.36 Å². The lowest BCUT2D eigenvalue weighted by Crippen LogP contribution is -2.15. The Balaban J connectivity index is 1.84. The van der Waals surface area contributed by atoms with E-state index in [0.29, 0.717) is 16.8 Å². The van der Waals surface area contributed by atoms with Gasteiger partial charge in [-0.05, 0) is 50.2 Å². The molecule has 1 heterocycles. The standard InChI is InChI=1S/C18H15F3N2O3/c1-10(2)23-14-8-7-13(9-15(14)26-17(23)25)22-16(24)11-3-5-12(6-4-11)18(19,20)21/h3-10H,1-2H3,(H,22,24). The van der Waals surface area contributed by atoms with E-state index < -0.39 is 23.4 Å². The zero-order valence-electron chi connectivity index (χ0n) is 13.9. The number of hydrogen-bond acceptors (Lipinski definition) is 3. The van der Waals surface area contributed by atoms with Crippen LogP contribution in [-0.2, 0) is 6.18 Å². The number of nitrogens with one attached hydrogen (secondary N) is 1. The van der Waals surface area contributed by atoms with Crippen molar-refractivity contribution in [3.63, 3.8) is 0 Å². The first-order valence-electron chi connectivity index (χ1n) is 7.80. The van der Waals surface area contributed by atoms with Gasteiger partial charge in [0, 0.05) is 23.4 Å². The minimum atomic E-state index is -4.46. The van der Waals surface area contributed by atoms with Crippen LogP contribution in [0, 0.1) is 0 Å². The Hall–Kier alpha value is -3.03. The molecule has 0 fully saturated rings. The van der Waals surface area contributed by atoms with Crippen LogP contribution in [0.15, 0.2) is 51.7 Å². The SMILES string of the molecule is CC(C)n1c(=O)oc2cc(NC(=O)c3ccc(C(F)(F)F)cc3)ccc21. The number of carbonyl (C=O) groups is 1. The first-order chi connectivity index (χ1) is 12.2. The number of rotatable bonds is 3. The molecule has 0 aliphatic heterocycles. The lowest BCUT2D eigenvalue weighted by molar-refractivity contribution is -0.137. The normalized spacial score (nSPS) is 11.9. The summed E-state index contributed by atoms with van der Waals surface area (Å²) in [7, 11) is 0. The van der Waals surface area contributed by atoms with E-state index in [9.17, 15) is 22.8 Å². The van der Waals surface area contributed by atoms with E-state index in [1.54, 1.807) is 12.1 Å². The highest BCUT2D eigenvalue weighted by Crippen LogP contribution is 2.29. The lowest BCUT2D eigenvalue weighted by atomic mass is 10.1. The average molecular weight is 364 g/mol. The molecule has 0 spiro atoms. The van der Waals surface area contributed by atoms with Crippen LogP contribution in [0.1, 0.15) is 35.8 Å². The van der Waals surface area contributed by atoms with Crippen LogP contribution in [0.5, 0.6) is 0 Å². The number of oxazole rings is 1. The van der Waals surface area contributed by atoms with Crippen LogP contribution < -0.4 is 11.1 Å². The molecule has 0 unspecified atom stereocenters. The fourth-order valence-electron chi connectivity index (χ4n) is 2.62. The van der Waals surface area contributed by atoms with Crippen molar-refractivity contribution >= 4 is 22.7 Å². The Bertz CT molecular complexity index is 1010. The van der Waals surface area contributed by atoms with E-state index in [2.05, 4.69) is 5.32 Å². The molecule has 0 radical (unpaired) electrons. The summed E-state index contributed by atoms with van der Waals surface area (Å²) in [5.41, 5.74) is 0.532. The Morgan fingerprint density at radius 1 is 1.12 bits per heavy atom. The Kier molecular flexibility index (Phi) is 4.35. The van der Waals surface area contributed by atoms with E-state index in [0.717, 1.165) is 24.3 Å². The third-order valence-corrected chi connectivity index (χ3v) is 3.86. The maximum absolute atomic E-state index is 12.6. The van der Waals surface area contributed by atoms with Crippen molar-refractivity contribution in [2.75, 3.05) is 5.32 Å². The third-order valence-electron chi connectivity index (χ3n) is 3.86. The van der Waals surface area contributed by atoms with E-state index >= 15 is 0 Å². The number of anilines is 1. The van der Waals surface area contributed by atoms with Crippen molar-refractivity contribution in [3.8, 4) is 0 Å². The second-order valence-electron chi connectivity index (χ2n) is 6.04. The predicted octanol–water partition coefficient (Wildman–Crippen LogP) is 4.45. The van der Waals surface area contributed by atoms with E-state index in [1.165, 1.54) is 10.6 Å². The van der Waals surface area contributed by atoms with Crippen LogP contribution in [0.4, 0.5) is 18.9 Å². The molecule has 3 rings (SSSR count). The van der Waals surface area contributed by atoms with Crippen LogP contribution in [-0.4, -0.2) is 10.5 Å². The lowest BCUT2D eigenvalue weighted by Gasteiger charge is -2.09. The quantitative estimate of drug-likeness (QED) is 0.747. The van der Waals surface area contributed by atoms with Crippen LogP contribution >= 0.6 is 0 Å². The van der Waals surface area contributed by atoms with Gasteiger partial charge < -0.3 is 9.73 Å². The van der Waals surface area contributed by atoms with Crippen molar-refractivity contribution in [2.24, 2.45) is 0 Å². The number of carbonyl (C=O) groups excluding carboxylic acids is 1. The van der Waals surface area contributed by atoms with E-state index in [1.807, 2.05) is 13.8 Å². The minimum Gasteiger partial charge on any atom is -0.408 e. The van der Waals surface area contributed by atoms with Gasteiger partial charge >= 0.3 is 11.9 Å². The van der Waals surface area contributed by atoms with Crippen molar-refractivity contribution in [1.82, 2.24) is 4.57 Å². The summed E-state index contributed by atoms with van der Waals surface area (Å²) in [6, 6.07) is 8.55. The third kappa shape index (κ3) is 3.35. The summed E-state index contributed by atoms with van der Waals surface area (Å²) in [4.78, 5) is 24.1. The van der Waals surface area contributed by atoms with Gasteiger partial charge in [0.1, 0.15) is 0 Å². The zero-order valence-corrected chi connectivity index (χ0v) is 13.9. The molecule has 1 N–H and O–H groups in total. The summed E-state index contributed by atoms with van der Waals surface area (Å²) in [6.07, 6.45) is -4.46. The fourth-order valence-corrected chi connectivity index (χ4v) is 2.62. The van der Waals surface area contributed by atoms with Gasteiger partial charge in [-0.1, -0.05) is 0 Å². The summed E-state index contributed by atoms with van der Waals surface area (Å²) >= 11 is 0. The van der Waals surface area contributed by atoms with Crippen molar-refractivity contribution in [2.45, 2.75) is 26.1 Å². The average Bonchev–Trinajstić information content (AvgIpc) is 2.89. The molecule has 5 nitrogen and oxygen atoms in total. The number of aromatic nitrogens is 1. The second kappa shape index (κ2) is 6.36. The van der Waals surface area contributed by atoms with Crippen molar-refractivity contribution in [3.05, 3.63) is 64.1 Å². The molecule has 3 aromatic rings. The molecule has 0 bridgehead atoms. The maximum atomic E-state index is 12.6. The minimum absolute atomic E-state index is 0.0827. The number of fused-ring (bicyclic) bond motifs is 1. The molecule has 1 amide bonds.